The lowest BCUT2D eigenvalue weighted by atomic mass is 9.91. The van der Waals surface area contributed by atoms with Crippen molar-refractivity contribution in [2.24, 2.45) is 11.8 Å². The van der Waals surface area contributed by atoms with Crippen molar-refractivity contribution in [2.75, 3.05) is 24.7 Å². The molecule has 2 N–H and O–H groups in total. The summed E-state index contributed by atoms with van der Waals surface area (Å²) < 4.78 is 0. The van der Waals surface area contributed by atoms with E-state index in [0.717, 1.165) is 36.0 Å². The van der Waals surface area contributed by atoms with Gasteiger partial charge >= 0.3 is 0 Å². The molecule has 0 aliphatic carbocycles. The van der Waals surface area contributed by atoms with Crippen LogP contribution in [-0.4, -0.2) is 35.8 Å². The van der Waals surface area contributed by atoms with Crippen molar-refractivity contribution in [3.05, 3.63) is 121 Å². The van der Waals surface area contributed by atoms with Crippen LogP contribution < -0.4 is 10.6 Å². The minimum atomic E-state index is -0.264. The number of hydrogen-bond acceptors (Lipinski definition) is 4. The molecule has 6 heteroatoms. The van der Waals surface area contributed by atoms with E-state index in [-0.39, 0.29) is 22.1 Å². The number of pyridine rings is 1. The van der Waals surface area contributed by atoms with Gasteiger partial charge in [0.25, 0.3) is 5.91 Å². The Hall–Kier alpha value is -4.41. The van der Waals surface area contributed by atoms with E-state index in [0.29, 0.717) is 40.9 Å². The van der Waals surface area contributed by atoms with Crippen molar-refractivity contribution >= 4 is 23.2 Å². The second kappa shape index (κ2) is 26.8. The Morgan fingerprint density at radius 3 is 2.19 bits per heavy atom. The van der Waals surface area contributed by atoms with Crippen LogP contribution in [0.15, 0.2) is 115 Å². The summed E-state index contributed by atoms with van der Waals surface area (Å²) in [6, 6.07) is 1.72. The van der Waals surface area contributed by atoms with Crippen LogP contribution in [0.2, 0.25) is 0 Å². The summed E-state index contributed by atoms with van der Waals surface area (Å²) in [5.74, 6) is 0.490. The van der Waals surface area contributed by atoms with Gasteiger partial charge in [0.2, 0.25) is 5.91 Å². The van der Waals surface area contributed by atoms with Gasteiger partial charge in [-0.15, -0.1) is 5.73 Å². The molecule has 0 radical (unpaired) electrons. The number of hydrogen-bond donors (Lipinski definition) is 2. The lowest BCUT2D eigenvalue weighted by Crippen LogP contribution is -2.18. The highest BCUT2D eigenvalue weighted by Crippen LogP contribution is 2.23. The molecule has 0 bridgehead atoms. The Labute approximate surface area is 291 Å². The van der Waals surface area contributed by atoms with Crippen molar-refractivity contribution in [1.82, 2.24) is 9.88 Å². The quantitative estimate of drug-likeness (QED) is 0.0809. The third kappa shape index (κ3) is 21.1. The molecule has 0 spiro atoms. The van der Waals surface area contributed by atoms with Crippen LogP contribution in [0, 0.1) is 18.8 Å². The normalized spacial score (nSPS) is 11.3. The number of aromatic nitrogens is 1. The van der Waals surface area contributed by atoms with Gasteiger partial charge in [-0.3, -0.25) is 14.6 Å². The largest absolute Gasteiger partial charge is 0.383 e. The number of nitrogens with zero attached hydrogens (tertiary/aromatic N) is 2. The van der Waals surface area contributed by atoms with Crippen molar-refractivity contribution in [1.29, 1.82) is 0 Å². The molecule has 1 aromatic rings. The first-order valence-corrected chi connectivity index (χ1v) is 16.0. The van der Waals surface area contributed by atoms with Gasteiger partial charge in [-0.05, 0) is 74.3 Å². The molecule has 1 heterocycles. The average molecular weight is 649 g/mol. The smallest absolute Gasteiger partial charge is 0.250 e. The molecule has 47 heavy (non-hydrogen) atoms. The number of rotatable bonds is 16. The van der Waals surface area contributed by atoms with Crippen LogP contribution in [0.25, 0.3) is 0 Å². The van der Waals surface area contributed by atoms with E-state index in [1.54, 1.807) is 32.2 Å². The van der Waals surface area contributed by atoms with Gasteiger partial charge < -0.3 is 15.5 Å². The molecule has 0 aromatic carbocycles. The summed E-state index contributed by atoms with van der Waals surface area (Å²) in [4.78, 5) is 30.5. The minimum absolute atomic E-state index is 0. The number of amides is 2. The number of allylic oxidation sites excluding steroid dienone is 9. The zero-order valence-corrected chi connectivity index (χ0v) is 30.3. The van der Waals surface area contributed by atoms with Crippen LogP contribution in [0.3, 0.4) is 0 Å². The maximum Gasteiger partial charge on any atom is 0.250 e. The molecule has 264 valence electrons. The molecule has 0 unspecified atom stereocenters. The molecular formula is C41H68N4O2. The van der Waals surface area contributed by atoms with E-state index >= 15 is 0 Å². The summed E-state index contributed by atoms with van der Waals surface area (Å²) in [6.07, 6.45) is 16.4. The Balaban J connectivity index is -0.000000256. The molecule has 0 saturated carbocycles. The number of aryl methyl sites for hydroxylation is 1. The summed E-state index contributed by atoms with van der Waals surface area (Å²) in [5.41, 5.74) is 9.42. The average Bonchev–Trinajstić information content (AvgIpc) is 3.02. The highest BCUT2D eigenvalue weighted by atomic mass is 16.2. The fourth-order valence-electron chi connectivity index (χ4n) is 3.77. The van der Waals surface area contributed by atoms with Crippen molar-refractivity contribution in [3.8, 4) is 0 Å². The van der Waals surface area contributed by atoms with Crippen LogP contribution in [0.5, 0.6) is 0 Å². The van der Waals surface area contributed by atoms with Crippen molar-refractivity contribution in [2.45, 2.75) is 88.5 Å². The maximum absolute atomic E-state index is 12.4. The Morgan fingerprint density at radius 1 is 1.11 bits per heavy atom. The first-order chi connectivity index (χ1) is 21.7. The zero-order valence-electron chi connectivity index (χ0n) is 30.3. The third-order valence-corrected chi connectivity index (χ3v) is 6.76. The number of anilines is 2. The van der Waals surface area contributed by atoms with Gasteiger partial charge in [0.15, 0.2) is 0 Å². The summed E-state index contributed by atoms with van der Waals surface area (Å²) in [5, 5.41) is 5.65. The minimum Gasteiger partial charge on any atom is -0.383 e. The summed E-state index contributed by atoms with van der Waals surface area (Å²) in [7, 11) is 3.96. The Bertz CT molecular complexity index is 1330. The molecule has 0 saturated heterocycles. The predicted octanol–water partition coefficient (Wildman–Crippen LogP) is 11.4. The summed E-state index contributed by atoms with van der Waals surface area (Å²) >= 11 is 0. The number of nitrogens with one attached hydrogen (secondary N) is 2. The maximum atomic E-state index is 12.4. The molecular weight excluding hydrogens is 580 g/mol. The van der Waals surface area contributed by atoms with Gasteiger partial charge in [-0.1, -0.05) is 111 Å². The van der Waals surface area contributed by atoms with Crippen molar-refractivity contribution in [3.63, 3.8) is 0 Å². The van der Waals surface area contributed by atoms with Gasteiger partial charge in [0.05, 0.1) is 23.3 Å². The lowest BCUT2D eigenvalue weighted by Gasteiger charge is -2.17. The first-order valence-electron chi connectivity index (χ1n) is 16.0. The molecule has 2 amide bonds. The van der Waals surface area contributed by atoms with E-state index in [2.05, 4.69) is 75.0 Å². The van der Waals surface area contributed by atoms with Crippen molar-refractivity contribution < 1.29 is 12.4 Å². The molecule has 0 fully saturated rings. The third-order valence-electron chi connectivity index (χ3n) is 6.76. The molecule has 1 atom stereocenters. The predicted molar refractivity (Wildman–Crippen MR) is 213 cm³/mol. The van der Waals surface area contributed by atoms with Crippen LogP contribution >= 0.6 is 0 Å². The van der Waals surface area contributed by atoms with Gasteiger partial charge in [-0.2, -0.15) is 0 Å². The van der Waals surface area contributed by atoms with Crippen LogP contribution in [0.1, 0.15) is 90.1 Å². The molecule has 0 aliphatic rings. The molecule has 1 aromatic heterocycles. The van der Waals surface area contributed by atoms with E-state index in [1.807, 2.05) is 70.3 Å². The lowest BCUT2D eigenvalue weighted by molar-refractivity contribution is -0.117. The highest BCUT2D eigenvalue weighted by Gasteiger charge is 2.15. The van der Waals surface area contributed by atoms with E-state index in [9.17, 15) is 9.59 Å². The first kappa shape index (κ1) is 47.0. The second-order valence-electron chi connectivity index (χ2n) is 11.3. The molecule has 0 aliphatic heterocycles. The fourth-order valence-corrected chi connectivity index (χ4v) is 3.77. The Morgan fingerprint density at radius 2 is 1.72 bits per heavy atom. The number of carbonyl (C=O) groups excluding carboxylic acids is 2. The van der Waals surface area contributed by atoms with Crippen LogP contribution in [-0.2, 0) is 9.59 Å². The van der Waals surface area contributed by atoms with E-state index < -0.39 is 0 Å². The monoisotopic (exact) mass is 649 g/mol. The van der Waals surface area contributed by atoms with Gasteiger partial charge in [0, 0.05) is 35.1 Å². The SMILES string of the molecule is C.C=C(C)C(=O)Nc1cc(NC(=O)C[C@@H](CC)CCC(=C)C(C)C)cnc1C.C=C=C(C)/C=C(\C=C/C=C)C(/C=C)=C/N(C)C.CC.[HH].[HH]. The Kier molecular flexibility index (Phi) is 26.8. The second-order valence-corrected chi connectivity index (χ2v) is 11.3. The summed E-state index contributed by atoms with van der Waals surface area (Å²) in [6.45, 7) is 34.7. The highest BCUT2D eigenvalue weighted by molar-refractivity contribution is 6.03. The zero-order chi connectivity index (χ0) is 35.8. The topological polar surface area (TPSA) is 74.3 Å². The van der Waals surface area contributed by atoms with E-state index in [4.69, 9.17) is 0 Å². The van der Waals surface area contributed by atoms with Gasteiger partial charge in [-0.25, -0.2) is 0 Å². The number of carbonyl (C=O) groups is 2. The van der Waals surface area contributed by atoms with Gasteiger partial charge in [0.1, 0.15) is 0 Å². The fraction of sp³-hybridized carbons (Fsp3) is 0.415. The molecule has 6 nitrogen and oxygen atoms in total. The van der Waals surface area contributed by atoms with E-state index in [1.165, 1.54) is 5.57 Å². The molecule has 1 rings (SSSR count). The van der Waals surface area contributed by atoms with Crippen LogP contribution in [0.4, 0.5) is 11.4 Å². The standard InChI is InChI=1S/C22H33N3O2.C16H21N.C2H6.CH4.2H2/c1-8-18(10-9-16(6)14(2)3)11-21(26)24-19-12-20(17(7)23-13-19)25-22(27)15(4)5;1-7-10-11-16(12-14(4)8-2)15(9-3)13-17(5)6;1-2;;;/h12-14,18H,4,6,8-11H2,1-3,5,7H3,(H,24,26)(H,25,27);7,9-13H,1-3H2,4-6H3;1-2H3;1H4;2*1H/b;11-10-,15-13+,16-12+;;;;/t18-;;;;;/m0...../s1.